The molecule has 6 heteroatoms. The quantitative estimate of drug-likeness (QED) is 0.756. The lowest BCUT2D eigenvalue weighted by molar-refractivity contribution is 0.186. The Morgan fingerprint density at radius 1 is 1.18 bits per heavy atom. The number of nitrogens with one attached hydrogen (secondary N) is 1. The van der Waals surface area contributed by atoms with Gasteiger partial charge in [-0.25, -0.2) is 4.98 Å². The molecule has 0 unspecified atom stereocenters. The number of nitrogens with zero attached hydrogens (tertiary/aromatic N) is 4. The second-order valence-corrected chi connectivity index (χ2v) is 5.47. The van der Waals surface area contributed by atoms with Crippen molar-refractivity contribution in [2.24, 2.45) is 0 Å². The summed E-state index contributed by atoms with van der Waals surface area (Å²) in [5.41, 5.74) is 2.42. The second-order valence-electron chi connectivity index (χ2n) is 5.47. The van der Waals surface area contributed by atoms with E-state index in [-0.39, 0.29) is 0 Å². The molecular formula is C16H19N5O. The van der Waals surface area contributed by atoms with E-state index in [0.29, 0.717) is 18.2 Å². The molecule has 0 aliphatic carbocycles. The van der Waals surface area contributed by atoms with Crippen molar-refractivity contribution in [3.05, 3.63) is 54.1 Å². The van der Waals surface area contributed by atoms with Gasteiger partial charge in [0, 0.05) is 30.6 Å². The maximum atomic E-state index is 10.2. The Kier molecular flexibility index (Phi) is 4.02. The van der Waals surface area contributed by atoms with Gasteiger partial charge in [-0.15, -0.1) is 0 Å². The maximum Gasteiger partial charge on any atom is 0.157 e. The molecule has 0 aliphatic heterocycles. The topological polar surface area (TPSA) is 75.3 Å². The van der Waals surface area contributed by atoms with Crippen molar-refractivity contribution < 1.29 is 5.11 Å². The molecule has 0 saturated heterocycles. The van der Waals surface area contributed by atoms with Crippen LogP contribution in [0.5, 0.6) is 0 Å². The number of aliphatic hydroxyl groups is 1. The first-order valence-electron chi connectivity index (χ1n) is 7.32. The minimum absolute atomic E-state index is 0.321. The molecular weight excluding hydrogens is 278 g/mol. The van der Waals surface area contributed by atoms with E-state index >= 15 is 0 Å². The van der Waals surface area contributed by atoms with Crippen LogP contribution in [0, 0.1) is 0 Å². The van der Waals surface area contributed by atoms with E-state index in [2.05, 4.69) is 34.2 Å². The first-order valence-corrected chi connectivity index (χ1v) is 7.32. The number of fused-ring (bicyclic) bond motifs is 1. The number of pyridine rings is 1. The van der Waals surface area contributed by atoms with Crippen LogP contribution >= 0.6 is 0 Å². The fourth-order valence-corrected chi connectivity index (χ4v) is 2.23. The Morgan fingerprint density at radius 2 is 2.05 bits per heavy atom. The van der Waals surface area contributed by atoms with Gasteiger partial charge in [0.2, 0.25) is 0 Å². The molecule has 0 amide bonds. The summed E-state index contributed by atoms with van der Waals surface area (Å²) in [7, 11) is 0. The summed E-state index contributed by atoms with van der Waals surface area (Å²) in [6.45, 7) is 4.55. The van der Waals surface area contributed by atoms with Crippen molar-refractivity contribution in [3.63, 3.8) is 0 Å². The molecule has 0 saturated carbocycles. The Hall–Kier alpha value is -2.47. The average Bonchev–Trinajstić information content (AvgIpc) is 3.01. The fraction of sp³-hybridized carbons (Fsp3) is 0.312. The van der Waals surface area contributed by atoms with Gasteiger partial charge in [0.15, 0.2) is 5.65 Å². The Labute approximate surface area is 128 Å². The lowest BCUT2D eigenvalue weighted by atomic mass is 10.1. The summed E-state index contributed by atoms with van der Waals surface area (Å²) in [6.07, 6.45) is 2.71. The van der Waals surface area contributed by atoms with Crippen LogP contribution in [0.3, 0.4) is 0 Å². The number of hydrogen-bond acceptors (Lipinski definition) is 5. The van der Waals surface area contributed by atoms with Crippen LogP contribution in [0.25, 0.3) is 5.65 Å². The molecule has 0 bridgehead atoms. The van der Waals surface area contributed by atoms with Crippen molar-refractivity contribution in [3.8, 4) is 0 Å². The third kappa shape index (κ3) is 2.92. The van der Waals surface area contributed by atoms with E-state index in [0.717, 1.165) is 17.2 Å². The van der Waals surface area contributed by atoms with Crippen molar-refractivity contribution in [1.82, 2.24) is 19.6 Å². The monoisotopic (exact) mass is 297 g/mol. The van der Waals surface area contributed by atoms with E-state index in [4.69, 9.17) is 0 Å². The summed E-state index contributed by atoms with van der Waals surface area (Å²) in [4.78, 5) is 8.73. The molecule has 3 aromatic heterocycles. The number of aromatic nitrogens is 4. The minimum atomic E-state index is -0.678. The second kappa shape index (κ2) is 6.11. The highest BCUT2D eigenvalue weighted by molar-refractivity contribution is 5.49. The number of hydrogen-bond donors (Lipinski definition) is 2. The average molecular weight is 297 g/mol. The molecule has 6 nitrogen and oxygen atoms in total. The molecule has 2 N–H and O–H groups in total. The van der Waals surface area contributed by atoms with Crippen LogP contribution in [0.15, 0.2) is 42.7 Å². The van der Waals surface area contributed by atoms with Crippen molar-refractivity contribution >= 4 is 11.5 Å². The number of rotatable bonds is 5. The summed E-state index contributed by atoms with van der Waals surface area (Å²) in [5.74, 6) is 1.13. The molecule has 0 spiro atoms. The highest BCUT2D eigenvalue weighted by Crippen LogP contribution is 2.19. The third-order valence-corrected chi connectivity index (χ3v) is 3.48. The minimum Gasteiger partial charge on any atom is -0.385 e. The highest BCUT2D eigenvalue weighted by Gasteiger charge is 2.12. The Balaban J connectivity index is 1.82. The largest absolute Gasteiger partial charge is 0.385 e. The van der Waals surface area contributed by atoms with Crippen LogP contribution in [-0.2, 0) is 0 Å². The normalized spacial score (nSPS) is 12.7. The van der Waals surface area contributed by atoms with Gasteiger partial charge in [0.1, 0.15) is 11.9 Å². The van der Waals surface area contributed by atoms with Crippen molar-refractivity contribution in [2.75, 3.05) is 11.9 Å². The fourth-order valence-electron chi connectivity index (χ4n) is 2.23. The molecule has 22 heavy (non-hydrogen) atoms. The van der Waals surface area contributed by atoms with E-state index < -0.39 is 6.10 Å². The molecule has 0 fully saturated rings. The summed E-state index contributed by atoms with van der Waals surface area (Å²) in [6, 6.07) is 9.33. The van der Waals surface area contributed by atoms with Crippen LogP contribution in [0.1, 0.15) is 37.3 Å². The number of anilines is 1. The molecule has 3 heterocycles. The maximum absolute atomic E-state index is 10.2. The Morgan fingerprint density at radius 3 is 2.77 bits per heavy atom. The predicted molar refractivity (Wildman–Crippen MR) is 84.8 cm³/mol. The summed E-state index contributed by atoms with van der Waals surface area (Å²) in [5, 5.41) is 17.7. The van der Waals surface area contributed by atoms with Gasteiger partial charge < -0.3 is 10.4 Å². The van der Waals surface area contributed by atoms with E-state index in [9.17, 15) is 5.11 Å². The standard InChI is InChI=1S/C16H19N5O/c1-11(2)13-9-16(21-15(20-13)6-8-19-21)18-10-14(22)12-5-3-4-7-17-12/h3-9,11,14,18,22H,10H2,1-2H3/t14-/m0/s1. The van der Waals surface area contributed by atoms with Crippen molar-refractivity contribution in [2.45, 2.75) is 25.9 Å². The van der Waals surface area contributed by atoms with Crippen LogP contribution in [0.2, 0.25) is 0 Å². The van der Waals surface area contributed by atoms with Gasteiger partial charge in [0.25, 0.3) is 0 Å². The molecule has 3 aromatic rings. The van der Waals surface area contributed by atoms with E-state index in [1.807, 2.05) is 30.3 Å². The molecule has 0 aliphatic rings. The molecule has 0 radical (unpaired) electrons. The van der Waals surface area contributed by atoms with Gasteiger partial charge in [-0.3, -0.25) is 4.98 Å². The van der Waals surface area contributed by atoms with Crippen LogP contribution in [-0.4, -0.2) is 31.2 Å². The molecule has 1 atom stereocenters. The summed E-state index contributed by atoms with van der Waals surface area (Å²) >= 11 is 0. The predicted octanol–water partition coefficient (Wildman–Crippen LogP) is 2.39. The molecule has 114 valence electrons. The Bertz CT molecular complexity index is 754. The zero-order chi connectivity index (χ0) is 15.5. The zero-order valence-electron chi connectivity index (χ0n) is 12.6. The van der Waals surface area contributed by atoms with Gasteiger partial charge in [-0.1, -0.05) is 19.9 Å². The first-order chi connectivity index (χ1) is 10.6. The van der Waals surface area contributed by atoms with E-state index in [1.165, 1.54) is 0 Å². The first kappa shape index (κ1) is 14.5. The van der Waals surface area contributed by atoms with Crippen LogP contribution < -0.4 is 5.32 Å². The van der Waals surface area contributed by atoms with Gasteiger partial charge in [-0.2, -0.15) is 9.61 Å². The summed E-state index contributed by atoms with van der Waals surface area (Å²) < 4.78 is 1.73. The molecule has 3 rings (SSSR count). The highest BCUT2D eigenvalue weighted by atomic mass is 16.3. The smallest absolute Gasteiger partial charge is 0.157 e. The third-order valence-electron chi connectivity index (χ3n) is 3.48. The van der Waals surface area contributed by atoms with Crippen LogP contribution in [0.4, 0.5) is 5.82 Å². The van der Waals surface area contributed by atoms with Gasteiger partial charge in [-0.05, 0) is 18.1 Å². The lowest BCUT2D eigenvalue weighted by Crippen LogP contribution is -2.16. The number of aliphatic hydroxyl groups excluding tert-OH is 1. The van der Waals surface area contributed by atoms with Gasteiger partial charge >= 0.3 is 0 Å². The SMILES string of the molecule is CC(C)c1cc(NC[C@H](O)c2ccccn2)n2nccc2n1. The van der Waals surface area contributed by atoms with Crippen molar-refractivity contribution in [1.29, 1.82) is 0 Å². The molecule has 0 aromatic carbocycles. The lowest BCUT2D eigenvalue weighted by Gasteiger charge is -2.15. The van der Waals surface area contributed by atoms with Gasteiger partial charge in [0.05, 0.1) is 11.9 Å². The van der Waals surface area contributed by atoms with E-state index in [1.54, 1.807) is 16.9 Å². The zero-order valence-corrected chi connectivity index (χ0v) is 12.6.